The highest BCUT2D eigenvalue weighted by Gasteiger charge is 2.69. The van der Waals surface area contributed by atoms with E-state index in [4.69, 9.17) is 42.0 Å². The summed E-state index contributed by atoms with van der Waals surface area (Å²) in [5.41, 5.74) is -0.799. The first-order valence-electron chi connectivity index (χ1n) is 18.5. The van der Waals surface area contributed by atoms with Crippen LogP contribution < -0.4 is 4.90 Å². The Morgan fingerprint density at radius 2 is 1.61 bits per heavy atom. The molecule has 304 valence electrons. The van der Waals surface area contributed by atoms with Gasteiger partial charge in [0.05, 0.1) is 92.6 Å². The van der Waals surface area contributed by atoms with Crippen LogP contribution in [-0.2, 0) is 56.9 Å². The number of carbonyl (C=O) groups excluding carboxylic acids is 2. The molecule has 3 aromatic rings. The van der Waals surface area contributed by atoms with Gasteiger partial charge in [-0.1, -0.05) is 17.5 Å². The van der Waals surface area contributed by atoms with Crippen LogP contribution >= 0.6 is 11.6 Å². The minimum Gasteiger partial charge on any atom is -0.378 e. The summed E-state index contributed by atoms with van der Waals surface area (Å²) in [5.74, 6) is 1.44. The zero-order valence-electron chi connectivity index (χ0n) is 30.9. The van der Waals surface area contributed by atoms with E-state index in [1.807, 2.05) is 4.57 Å². The number of alkyl halides is 3. The molecule has 2 aliphatic heterocycles. The van der Waals surface area contributed by atoms with E-state index >= 15 is 0 Å². The van der Waals surface area contributed by atoms with Gasteiger partial charge in [0.2, 0.25) is 11.8 Å². The van der Waals surface area contributed by atoms with Crippen molar-refractivity contribution in [3.05, 3.63) is 53.1 Å². The number of likely N-dealkylation sites (tertiary alicyclic amines) is 1. The Labute approximate surface area is 328 Å². The number of hydrogen-bond acceptors (Lipinski definition) is 10. The summed E-state index contributed by atoms with van der Waals surface area (Å²) in [6.45, 7) is 2.68. The van der Waals surface area contributed by atoms with E-state index in [9.17, 15) is 31.2 Å². The SMILES string of the molecule is C#CCOCCOCCOCCOCCS(=O)(=O)CCCn1c(CN2C(=O)C3(CCN(C(=O)C4(C(F)(F)F)CC4)CC3)c3ccncc32)nc2cc(Cl)ccc21. The average Bonchev–Trinajstić information content (AvgIpc) is 3.89. The molecule has 1 saturated carbocycles. The van der Waals surface area contributed by atoms with Crippen LogP contribution in [0.2, 0.25) is 5.02 Å². The highest BCUT2D eigenvalue weighted by atomic mass is 35.5. The van der Waals surface area contributed by atoms with Crippen molar-refractivity contribution in [3.63, 3.8) is 0 Å². The molecule has 0 N–H and O–H groups in total. The molecule has 0 unspecified atom stereocenters. The Morgan fingerprint density at radius 1 is 0.946 bits per heavy atom. The number of carbonyl (C=O) groups is 2. The van der Waals surface area contributed by atoms with Crippen molar-refractivity contribution in [2.45, 2.75) is 56.8 Å². The smallest absolute Gasteiger partial charge is 0.378 e. The van der Waals surface area contributed by atoms with E-state index in [0.717, 1.165) is 0 Å². The van der Waals surface area contributed by atoms with Gasteiger partial charge in [-0.25, -0.2) is 13.4 Å². The maximum Gasteiger partial charge on any atom is 0.403 e. The van der Waals surface area contributed by atoms with Crippen LogP contribution in [0.3, 0.4) is 0 Å². The zero-order chi connectivity index (χ0) is 40.0. The normalized spacial score (nSPS) is 17.4. The predicted molar refractivity (Wildman–Crippen MR) is 201 cm³/mol. The lowest BCUT2D eigenvalue weighted by atomic mass is 9.73. The molecule has 3 aliphatic rings. The van der Waals surface area contributed by atoms with E-state index < -0.39 is 32.8 Å². The third-order valence-corrected chi connectivity index (χ3v) is 12.6. The molecule has 13 nitrogen and oxygen atoms in total. The molecule has 56 heavy (non-hydrogen) atoms. The van der Waals surface area contributed by atoms with Gasteiger partial charge in [-0.15, -0.1) is 6.42 Å². The molecule has 1 spiro atoms. The van der Waals surface area contributed by atoms with Gasteiger partial charge in [0, 0.05) is 30.9 Å². The van der Waals surface area contributed by atoms with Gasteiger partial charge in [-0.2, -0.15) is 13.2 Å². The van der Waals surface area contributed by atoms with Gasteiger partial charge in [-0.05, 0) is 61.9 Å². The first kappa shape index (κ1) is 41.8. The molecule has 1 aromatic carbocycles. The van der Waals surface area contributed by atoms with Crippen LogP contribution in [0, 0.1) is 17.8 Å². The lowest BCUT2D eigenvalue weighted by Gasteiger charge is -2.40. The molecule has 6 rings (SSSR count). The summed E-state index contributed by atoms with van der Waals surface area (Å²) >= 11 is 6.30. The van der Waals surface area contributed by atoms with Gasteiger partial charge in [0.25, 0.3) is 0 Å². The van der Waals surface area contributed by atoms with Crippen molar-refractivity contribution in [1.82, 2.24) is 19.4 Å². The van der Waals surface area contributed by atoms with Gasteiger partial charge < -0.3 is 33.3 Å². The molecule has 1 saturated heterocycles. The second kappa shape index (κ2) is 17.8. The monoisotopic (exact) mass is 823 g/mol. The molecule has 2 aromatic heterocycles. The second-order valence-electron chi connectivity index (χ2n) is 14.2. The fraction of sp³-hybridized carbons (Fsp3) is 0.579. The first-order valence-corrected chi connectivity index (χ1v) is 20.7. The van der Waals surface area contributed by atoms with Gasteiger partial charge >= 0.3 is 6.18 Å². The number of sulfone groups is 1. The number of hydrogen-bond donors (Lipinski definition) is 0. The standard InChI is InChI=1S/C38H45ClF3N5O8S/c1-2-15-52-16-17-53-18-19-54-20-21-55-22-24-56(50,51)23-3-12-46-31-5-4-28(39)25-30(31)44-33(46)27-47-32-26-43-11-6-29(32)36(34(47)48)9-13-45(14-10-36)35(49)37(7-8-37)38(40,41)42/h1,4-6,11,25-26H,3,7-10,12-24,27H2. The third-order valence-electron chi connectivity index (χ3n) is 10.6. The second-order valence-corrected chi connectivity index (χ2v) is 16.9. The molecule has 1 aliphatic carbocycles. The van der Waals surface area contributed by atoms with E-state index in [1.54, 1.807) is 41.6 Å². The number of anilines is 1. The number of ether oxygens (including phenoxy) is 4. The van der Waals surface area contributed by atoms with Crippen molar-refractivity contribution in [2.75, 3.05) is 82.4 Å². The van der Waals surface area contributed by atoms with Crippen LogP contribution in [-0.4, -0.2) is 123 Å². The van der Waals surface area contributed by atoms with Crippen molar-refractivity contribution >= 4 is 50.0 Å². The van der Waals surface area contributed by atoms with E-state index in [-0.39, 0.29) is 95.5 Å². The fourth-order valence-electron chi connectivity index (χ4n) is 7.45. The maximum absolute atomic E-state index is 14.4. The maximum atomic E-state index is 14.4. The Bertz CT molecular complexity index is 2030. The average molecular weight is 824 g/mol. The summed E-state index contributed by atoms with van der Waals surface area (Å²) in [4.78, 5) is 39.4. The first-order chi connectivity index (χ1) is 26.8. The number of fused-ring (bicyclic) bond motifs is 3. The predicted octanol–water partition coefficient (Wildman–Crippen LogP) is 4.34. The van der Waals surface area contributed by atoms with Crippen molar-refractivity contribution in [2.24, 2.45) is 5.41 Å². The molecule has 0 bridgehead atoms. The number of rotatable bonds is 20. The Balaban J connectivity index is 1.04. The Hall–Kier alpha value is -3.79. The van der Waals surface area contributed by atoms with Crippen LogP contribution in [0.25, 0.3) is 11.0 Å². The van der Waals surface area contributed by atoms with Gasteiger partial charge in [0.1, 0.15) is 17.8 Å². The molecule has 2 fully saturated rings. The number of aryl methyl sites for hydroxylation is 1. The number of pyridine rings is 1. The van der Waals surface area contributed by atoms with E-state index in [1.165, 1.54) is 4.90 Å². The van der Waals surface area contributed by atoms with Crippen molar-refractivity contribution < 1.29 is 50.1 Å². The number of imidazole rings is 1. The van der Waals surface area contributed by atoms with E-state index in [0.29, 0.717) is 66.2 Å². The topological polar surface area (TPSA) is 142 Å². The fourth-order valence-corrected chi connectivity index (χ4v) is 8.76. The number of halogens is 4. The Morgan fingerprint density at radius 3 is 2.25 bits per heavy atom. The van der Waals surface area contributed by atoms with Crippen LogP contribution in [0.4, 0.5) is 18.9 Å². The lowest BCUT2D eigenvalue weighted by molar-refractivity contribution is -0.199. The van der Waals surface area contributed by atoms with Crippen molar-refractivity contribution in [1.29, 1.82) is 0 Å². The minimum atomic E-state index is -4.61. The molecular weight excluding hydrogens is 779 g/mol. The highest BCUT2D eigenvalue weighted by molar-refractivity contribution is 7.91. The van der Waals surface area contributed by atoms with E-state index in [2.05, 4.69) is 10.9 Å². The van der Waals surface area contributed by atoms with Gasteiger partial charge in [-0.3, -0.25) is 14.6 Å². The van der Waals surface area contributed by atoms with Crippen LogP contribution in [0.1, 0.15) is 43.5 Å². The summed E-state index contributed by atoms with van der Waals surface area (Å²) in [7, 11) is -3.46. The minimum absolute atomic E-state index is 0.0172. The number of benzene rings is 1. The molecule has 0 atom stereocenters. The number of piperidine rings is 1. The van der Waals surface area contributed by atoms with Crippen LogP contribution in [0.15, 0.2) is 36.7 Å². The molecule has 18 heteroatoms. The lowest BCUT2D eigenvalue weighted by Crippen LogP contribution is -2.53. The summed E-state index contributed by atoms with van der Waals surface area (Å²) in [5, 5.41) is 0.461. The largest absolute Gasteiger partial charge is 0.403 e. The quantitative estimate of drug-likeness (QED) is 0.119. The number of terminal acetylenes is 1. The molecule has 0 radical (unpaired) electrons. The number of nitrogens with zero attached hydrogens (tertiary/aromatic N) is 5. The summed E-state index contributed by atoms with van der Waals surface area (Å²) < 4.78 is 90.4. The number of aromatic nitrogens is 3. The summed E-state index contributed by atoms with van der Waals surface area (Å²) in [6, 6.07) is 6.96. The highest BCUT2D eigenvalue weighted by Crippen LogP contribution is 2.59. The number of amides is 2. The third kappa shape index (κ3) is 9.16. The zero-order valence-corrected chi connectivity index (χ0v) is 32.5. The van der Waals surface area contributed by atoms with Crippen molar-refractivity contribution in [3.8, 4) is 12.3 Å². The van der Waals surface area contributed by atoms with Crippen LogP contribution in [0.5, 0.6) is 0 Å². The molecule has 2 amide bonds. The summed E-state index contributed by atoms with van der Waals surface area (Å²) in [6.07, 6.45) is 3.81. The Kier molecular flexibility index (Phi) is 13.3. The molecule has 4 heterocycles. The van der Waals surface area contributed by atoms with Gasteiger partial charge in [0.15, 0.2) is 9.84 Å². The molecular formula is C38H45ClF3N5O8S.